The maximum absolute atomic E-state index is 12.7. The van der Waals surface area contributed by atoms with E-state index in [1.807, 2.05) is 6.92 Å². The molecule has 0 aromatic heterocycles. The fourth-order valence-electron chi connectivity index (χ4n) is 3.59. The lowest BCUT2D eigenvalue weighted by Gasteiger charge is -2.28. The van der Waals surface area contributed by atoms with Gasteiger partial charge in [0.15, 0.2) is 0 Å². The Hall–Kier alpha value is -1.06. The number of hydrogen-bond donors (Lipinski definition) is 0. The highest BCUT2D eigenvalue weighted by atomic mass is 16.6. The Kier molecular flexibility index (Phi) is 16.2. The molecular formula is C24H46O4. The van der Waals surface area contributed by atoms with Crippen molar-refractivity contribution in [3.63, 3.8) is 0 Å². The Morgan fingerprint density at radius 2 is 1.21 bits per heavy atom. The fourth-order valence-corrected chi connectivity index (χ4v) is 3.59. The van der Waals surface area contributed by atoms with E-state index in [1.165, 1.54) is 0 Å². The van der Waals surface area contributed by atoms with Crippen LogP contribution in [0.15, 0.2) is 0 Å². The summed E-state index contributed by atoms with van der Waals surface area (Å²) in [6, 6.07) is 0. The summed E-state index contributed by atoms with van der Waals surface area (Å²) in [6.45, 7) is 12.9. The number of unbranched alkanes of at least 4 members (excludes halogenated alkanes) is 2. The number of carbonyl (C=O) groups is 2. The van der Waals surface area contributed by atoms with E-state index in [-0.39, 0.29) is 35.8 Å². The lowest BCUT2D eigenvalue weighted by molar-refractivity contribution is -0.161. The molecule has 0 radical (unpaired) electrons. The molecule has 0 rings (SSSR count). The van der Waals surface area contributed by atoms with Gasteiger partial charge in [-0.25, -0.2) is 0 Å². The van der Waals surface area contributed by atoms with Crippen LogP contribution >= 0.6 is 0 Å². The second-order valence-corrected chi connectivity index (χ2v) is 8.06. The molecule has 0 bridgehead atoms. The molecular weight excluding hydrogens is 352 g/mol. The molecule has 0 aliphatic heterocycles. The first-order valence-electron chi connectivity index (χ1n) is 11.9. The minimum Gasteiger partial charge on any atom is -0.465 e. The molecule has 4 unspecified atom stereocenters. The molecule has 0 heterocycles. The van der Waals surface area contributed by atoms with Gasteiger partial charge in [0, 0.05) is 5.92 Å². The maximum atomic E-state index is 12.7. The zero-order chi connectivity index (χ0) is 21.4. The van der Waals surface area contributed by atoms with Gasteiger partial charge in [-0.3, -0.25) is 9.59 Å². The third-order valence-corrected chi connectivity index (χ3v) is 5.80. The number of esters is 2. The quantitative estimate of drug-likeness (QED) is 0.256. The van der Waals surface area contributed by atoms with Gasteiger partial charge in [-0.2, -0.15) is 0 Å². The molecule has 0 saturated carbocycles. The minimum atomic E-state index is -0.165. The molecule has 166 valence electrons. The van der Waals surface area contributed by atoms with Gasteiger partial charge in [-0.15, -0.1) is 0 Å². The van der Waals surface area contributed by atoms with E-state index in [0.29, 0.717) is 6.61 Å². The van der Waals surface area contributed by atoms with Crippen LogP contribution in [0.3, 0.4) is 0 Å². The molecule has 0 saturated heterocycles. The van der Waals surface area contributed by atoms with Crippen molar-refractivity contribution in [3.8, 4) is 0 Å². The molecule has 0 aliphatic rings. The van der Waals surface area contributed by atoms with Gasteiger partial charge >= 0.3 is 11.9 Å². The molecule has 0 spiro atoms. The predicted octanol–water partition coefficient (Wildman–Crippen LogP) is 6.70. The van der Waals surface area contributed by atoms with Crippen LogP contribution in [0.2, 0.25) is 0 Å². The summed E-state index contributed by atoms with van der Waals surface area (Å²) in [6.07, 6.45) is 10.1. The van der Waals surface area contributed by atoms with E-state index >= 15 is 0 Å². The van der Waals surface area contributed by atoms with Crippen LogP contribution in [0.1, 0.15) is 112 Å². The Labute approximate surface area is 174 Å². The normalized spacial score (nSPS) is 15.5. The predicted molar refractivity (Wildman–Crippen MR) is 116 cm³/mol. The second kappa shape index (κ2) is 16.9. The van der Waals surface area contributed by atoms with Crippen molar-refractivity contribution in [2.75, 3.05) is 6.61 Å². The van der Waals surface area contributed by atoms with Gasteiger partial charge in [-0.05, 0) is 38.5 Å². The zero-order valence-corrected chi connectivity index (χ0v) is 19.4. The van der Waals surface area contributed by atoms with Crippen LogP contribution in [-0.4, -0.2) is 24.6 Å². The summed E-state index contributed by atoms with van der Waals surface area (Å²) in [7, 11) is 0. The summed E-state index contributed by atoms with van der Waals surface area (Å²) in [4.78, 5) is 25.1. The average molecular weight is 399 g/mol. The van der Waals surface area contributed by atoms with Crippen molar-refractivity contribution < 1.29 is 19.1 Å². The SMILES string of the molecule is CCCCC(CC)C(=O)OCC(CC)C(CCC)OC(=O)C(CC)CCCC. The van der Waals surface area contributed by atoms with Gasteiger partial charge in [0.05, 0.1) is 18.4 Å². The van der Waals surface area contributed by atoms with Crippen LogP contribution in [-0.2, 0) is 19.1 Å². The third kappa shape index (κ3) is 10.5. The highest BCUT2D eigenvalue weighted by Gasteiger charge is 2.28. The molecule has 0 aromatic carbocycles. The summed E-state index contributed by atoms with van der Waals surface area (Å²) in [5.41, 5.74) is 0. The van der Waals surface area contributed by atoms with Gasteiger partial charge < -0.3 is 9.47 Å². The third-order valence-electron chi connectivity index (χ3n) is 5.80. The largest absolute Gasteiger partial charge is 0.465 e. The van der Waals surface area contributed by atoms with Crippen molar-refractivity contribution in [2.24, 2.45) is 17.8 Å². The van der Waals surface area contributed by atoms with Crippen LogP contribution in [0.5, 0.6) is 0 Å². The van der Waals surface area contributed by atoms with Gasteiger partial charge in [-0.1, -0.05) is 73.6 Å². The highest BCUT2D eigenvalue weighted by Crippen LogP contribution is 2.23. The monoisotopic (exact) mass is 398 g/mol. The van der Waals surface area contributed by atoms with Crippen molar-refractivity contribution in [3.05, 3.63) is 0 Å². The first-order valence-corrected chi connectivity index (χ1v) is 11.9. The van der Waals surface area contributed by atoms with Gasteiger partial charge in [0.25, 0.3) is 0 Å². The average Bonchev–Trinajstić information content (AvgIpc) is 2.69. The van der Waals surface area contributed by atoms with E-state index in [9.17, 15) is 9.59 Å². The Morgan fingerprint density at radius 3 is 1.64 bits per heavy atom. The lowest BCUT2D eigenvalue weighted by atomic mass is 9.95. The highest BCUT2D eigenvalue weighted by molar-refractivity contribution is 5.73. The molecule has 0 amide bonds. The van der Waals surface area contributed by atoms with Crippen LogP contribution in [0.4, 0.5) is 0 Å². The molecule has 28 heavy (non-hydrogen) atoms. The van der Waals surface area contributed by atoms with E-state index in [4.69, 9.17) is 9.47 Å². The summed E-state index contributed by atoms with van der Waals surface area (Å²) in [5, 5.41) is 0. The molecule has 0 aromatic rings. The van der Waals surface area contributed by atoms with Gasteiger partial charge in [0.2, 0.25) is 0 Å². The van der Waals surface area contributed by atoms with Crippen molar-refractivity contribution in [1.29, 1.82) is 0 Å². The maximum Gasteiger partial charge on any atom is 0.309 e. The first-order chi connectivity index (χ1) is 13.5. The first kappa shape index (κ1) is 26.9. The fraction of sp³-hybridized carbons (Fsp3) is 0.917. The Morgan fingerprint density at radius 1 is 0.679 bits per heavy atom. The van der Waals surface area contributed by atoms with Crippen molar-refractivity contribution in [2.45, 2.75) is 118 Å². The number of ether oxygens (including phenoxy) is 2. The Balaban J connectivity index is 4.85. The smallest absolute Gasteiger partial charge is 0.309 e. The number of hydrogen-bond acceptors (Lipinski definition) is 4. The summed E-state index contributed by atoms with van der Waals surface area (Å²) >= 11 is 0. The second-order valence-electron chi connectivity index (χ2n) is 8.06. The lowest BCUT2D eigenvalue weighted by Crippen LogP contribution is -2.33. The Bertz CT molecular complexity index is 407. The van der Waals surface area contributed by atoms with Crippen molar-refractivity contribution in [1.82, 2.24) is 0 Å². The van der Waals surface area contributed by atoms with Gasteiger partial charge in [0.1, 0.15) is 6.10 Å². The summed E-state index contributed by atoms with van der Waals surface area (Å²) < 4.78 is 11.6. The van der Waals surface area contributed by atoms with Crippen LogP contribution < -0.4 is 0 Å². The standard InChI is InChI=1S/C24H46O4/c1-7-13-16-19(10-4)23(25)27-18-21(12-6)22(15-9-3)28-24(26)20(11-5)17-14-8-2/h19-22H,7-18H2,1-6H3. The van der Waals surface area contributed by atoms with E-state index < -0.39 is 0 Å². The van der Waals surface area contributed by atoms with Crippen molar-refractivity contribution >= 4 is 11.9 Å². The molecule has 0 N–H and O–H groups in total. The number of rotatable bonds is 17. The van der Waals surface area contributed by atoms with E-state index in [0.717, 1.165) is 70.6 Å². The summed E-state index contributed by atoms with van der Waals surface area (Å²) in [5.74, 6) is -0.125. The molecule has 4 heteroatoms. The molecule has 4 nitrogen and oxygen atoms in total. The number of carbonyl (C=O) groups excluding carboxylic acids is 2. The van der Waals surface area contributed by atoms with E-state index in [1.54, 1.807) is 0 Å². The van der Waals surface area contributed by atoms with E-state index in [2.05, 4.69) is 34.6 Å². The minimum absolute atomic E-state index is 0.0110. The molecule has 4 atom stereocenters. The zero-order valence-electron chi connectivity index (χ0n) is 19.4. The topological polar surface area (TPSA) is 52.6 Å². The molecule has 0 aliphatic carbocycles. The van der Waals surface area contributed by atoms with Crippen LogP contribution in [0, 0.1) is 17.8 Å². The molecule has 0 fully saturated rings. The van der Waals surface area contributed by atoms with Crippen LogP contribution in [0.25, 0.3) is 0 Å².